The number of hydrogen-bond donors (Lipinski definition) is 1. The quantitative estimate of drug-likeness (QED) is 0.745. The number of rotatable bonds is 4. The fourth-order valence-electron chi connectivity index (χ4n) is 1.91. The molecule has 4 nitrogen and oxygen atoms in total. The van der Waals surface area contributed by atoms with E-state index in [9.17, 15) is 0 Å². The molecule has 0 unspecified atom stereocenters. The van der Waals surface area contributed by atoms with Gasteiger partial charge in [0.25, 0.3) is 0 Å². The van der Waals surface area contributed by atoms with Crippen molar-refractivity contribution in [3.05, 3.63) is 65.4 Å². The van der Waals surface area contributed by atoms with E-state index in [0.29, 0.717) is 12.2 Å². The molecular weight excluding hydrogens is 304 g/mol. The Hall–Kier alpha value is -1.98. The Kier molecular flexibility index (Phi) is 4.13. The average molecular weight is 317 g/mol. The lowest BCUT2D eigenvalue weighted by molar-refractivity contribution is 0.619. The van der Waals surface area contributed by atoms with Gasteiger partial charge in [0.05, 0.1) is 6.54 Å². The third-order valence-corrected chi connectivity index (χ3v) is 4.14. The van der Waals surface area contributed by atoms with E-state index in [1.807, 2.05) is 54.6 Å². The molecule has 0 atom stereocenters. The maximum atomic E-state index is 5.97. The Morgan fingerprint density at radius 3 is 2.52 bits per heavy atom. The van der Waals surface area contributed by atoms with Crippen LogP contribution in [-0.2, 0) is 6.54 Å². The van der Waals surface area contributed by atoms with Crippen LogP contribution in [0.4, 0.5) is 5.69 Å². The first-order valence-corrected chi connectivity index (χ1v) is 7.58. The zero-order chi connectivity index (χ0) is 14.7. The second-order valence-electron chi connectivity index (χ2n) is 4.45. The van der Waals surface area contributed by atoms with Crippen LogP contribution in [0.15, 0.2) is 64.6 Å². The van der Waals surface area contributed by atoms with Crippen molar-refractivity contribution in [1.82, 2.24) is 14.8 Å². The predicted octanol–water partition coefficient (Wildman–Crippen LogP) is 3.71. The summed E-state index contributed by atoms with van der Waals surface area (Å²) in [5.41, 5.74) is 7.82. The number of nitrogen functional groups attached to an aromatic ring is 1. The summed E-state index contributed by atoms with van der Waals surface area (Å²) in [6.45, 7) is 0.621. The highest BCUT2D eigenvalue weighted by molar-refractivity contribution is 7.99. The monoisotopic (exact) mass is 316 g/mol. The Balaban J connectivity index is 1.88. The van der Waals surface area contributed by atoms with Crippen LogP contribution in [0.1, 0.15) is 5.56 Å². The zero-order valence-corrected chi connectivity index (χ0v) is 12.7. The lowest BCUT2D eigenvalue weighted by Gasteiger charge is -2.07. The van der Waals surface area contributed by atoms with Gasteiger partial charge in [0.2, 0.25) is 5.28 Å². The first-order chi connectivity index (χ1) is 10.2. The normalized spacial score (nSPS) is 10.7. The van der Waals surface area contributed by atoms with Crippen molar-refractivity contribution in [2.75, 3.05) is 5.73 Å². The fraction of sp³-hybridized carbons (Fsp3) is 0.0667. The predicted molar refractivity (Wildman–Crippen MR) is 85.6 cm³/mol. The Morgan fingerprint density at radius 2 is 1.76 bits per heavy atom. The first-order valence-electron chi connectivity index (χ1n) is 6.39. The van der Waals surface area contributed by atoms with Crippen molar-refractivity contribution in [2.45, 2.75) is 16.6 Å². The van der Waals surface area contributed by atoms with Crippen LogP contribution in [0.3, 0.4) is 0 Å². The van der Waals surface area contributed by atoms with E-state index < -0.39 is 0 Å². The number of anilines is 1. The largest absolute Gasteiger partial charge is 0.398 e. The van der Waals surface area contributed by atoms with Gasteiger partial charge in [-0.25, -0.2) is 4.68 Å². The Bertz CT molecular complexity index is 742. The second kappa shape index (κ2) is 6.20. The zero-order valence-electron chi connectivity index (χ0n) is 11.1. The molecule has 2 N–H and O–H groups in total. The van der Waals surface area contributed by atoms with Gasteiger partial charge in [-0.05, 0) is 41.1 Å². The summed E-state index contributed by atoms with van der Waals surface area (Å²) in [5.74, 6) is 0. The van der Waals surface area contributed by atoms with E-state index in [2.05, 4.69) is 10.1 Å². The van der Waals surface area contributed by atoms with Gasteiger partial charge >= 0.3 is 0 Å². The van der Waals surface area contributed by atoms with E-state index in [-0.39, 0.29) is 5.28 Å². The minimum Gasteiger partial charge on any atom is -0.398 e. The van der Waals surface area contributed by atoms with Crippen LogP contribution in [0, 0.1) is 0 Å². The van der Waals surface area contributed by atoms with Crippen LogP contribution in [0.2, 0.25) is 5.28 Å². The Morgan fingerprint density at radius 1 is 1.05 bits per heavy atom. The average Bonchev–Trinajstić information content (AvgIpc) is 2.82. The van der Waals surface area contributed by atoms with Gasteiger partial charge < -0.3 is 5.73 Å². The van der Waals surface area contributed by atoms with E-state index >= 15 is 0 Å². The van der Waals surface area contributed by atoms with Crippen LogP contribution in [0.25, 0.3) is 0 Å². The molecule has 0 aliphatic carbocycles. The van der Waals surface area contributed by atoms with E-state index in [4.69, 9.17) is 17.3 Å². The van der Waals surface area contributed by atoms with Crippen LogP contribution < -0.4 is 5.73 Å². The molecule has 0 aliphatic rings. The highest BCUT2D eigenvalue weighted by Crippen LogP contribution is 2.31. The minimum absolute atomic E-state index is 0.239. The molecule has 0 fully saturated rings. The highest BCUT2D eigenvalue weighted by atomic mass is 35.5. The number of nitrogens with two attached hydrogens (primary N) is 1. The molecule has 1 heterocycles. The lowest BCUT2D eigenvalue weighted by atomic mass is 10.2. The summed E-state index contributed by atoms with van der Waals surface area (Å²) in [6.07, 6.45) is 0. The maximum Gasteiger partial charge on any atom is 0.243 e. The molecule has 3 rings (SSSR count). The van der Waals surface area contributed by atoms with Gasteiger partial charge in [0, 0.05) is 10.6 Å². The standard InChI is InChI=1S/C15H13ClN4S/c16-14-18-15(21-13-9-5-4-8-12(13)17)20(19-14)10-11-6-2-1-3-7-11/h1-9H,10,17H2. The number of benzene rings is 2. The molecule has 0 saturated carbocycles. The van der Waals surface area contributed by atoms with E-state index in [0.717, 1.165) is 15.6 Å². The summed E-state index contributed by atoms with van der Waals surface area (Å²) in [6, 6.07) is 17.7. The lowest BCUT2D eigenvalue weighted by Crippen LogP contribution is -2.03. The third kappa shape index (κ3) is 3.37. The first kappa shape index (κ1) is 14.0. The molecule has 6 heteroatoms. The van der Waals surface area contributed by atoms with Gasteiger partial charge in [-0.3, -0.25) is 0 Å². The molecule has 0 spiro atoms. The van der Waals surface area contributed by atoms with Crippen LogP contribution >= 0.6 is 23.4 Å². The molecule has 3 aromatic rings. The molecule has 0 amide bonds. The van der Waals surface area contributed by atoms with Gasteiger partial charge in [-0.2, -0.15) is 4.98 Å². The number of para-hydroxylation sites is 1. The summed E-state index contributed by atoms with van der Waals surface area (Å²) >= 11 is 7.41. The molecule has 1 aromatic heterocycles. The second-order valence-corrected chi connectivity index (χ2v) is 5.79. The Labute approximate surface area is 132 Å². The smallest absolute Gasteiger partial charge is 0.243 e. The summed E-state index contributed by atoms with van der Waals surface area (Å²) < 4.78 is 1.79. The van der Waals surface area contributed by atoms with Gasteiger partial charge in [0.1, 0.15) is 0 Å². The van der Waals surface area contributed by atoms with Crippen molar-refractivity contribution in [1.29, 1.82) is 0 Å². The summed E-state index contributed by atoms with van der Waals surface area (Å²) in [5, 5.41) is 5.20. The minimum atomic E-state index is 0.239. The van der Waals surface area contributed by atoms with Gasteiger partial charge in [-0.15, -0.1) is 5.10 Å². The molecule has 0 bridgehead atoms. The summed E-state index contributed by atoms with van der Waals surface area (Å²) in [7, 11) is 0. The number of aromatic nitrogens is 3. The molecule has 2 aromatic carbocycles. The molecule has 106 valence electrons. The molecule has 0 radical (unpaired) electrons. The van der Waals surface area contributed by atoms with Crippen molar-refractivity contribution in [2.24, 2.45) is 0 Å². The van der Waals surface area contributed by atoms with Crippen molar-refractivity contribution in [3.63, 3.8) is 0 Å². The van der Waals surface area contributed by atoms with E-state index in [1.165, 1.54) is 11.8 Å². The maximum absolute atomic E-state index is 5.97. The van der Waals surface area contributed by atoms with Gasteiger partial charge in [-0.1, -0.05) is 42.5 Å². The van der Waals surface area contributed by atoms with Crippen molar-refractivity contribution >= 4 is 29.1 Å². The van der Waals surface area contributed by atoms with Crippen molar-refractivity contribution in [3.8, 4) is 0 Å². The fourth-order valence-corrected chi connectivity index (χ4v) is 3.00. The molecule has 0 aliphatic heterocycles. The van der Waals surface area contributed by atoms with E-state index in [1.54, 1.807) is 4.68 Å². The summed E-state index contributed by atoms with van der Waals surface area (Å²) in [4.78, 5) is 5.21. The number of nitrogens with zero attached hydrogens (tertiary/aromatic N) is 3. The number of halogens is 1. The third-order valence-electron chi connectivity index (χ3n) is 2.91. The molecule has 21 heavy (non-hydrogen) atoms. The highest BCUT2D eigenvalue weighted by Gasteiger charge is 2.12. The van der Waals surface area contributed by atoms with Gasteiger partial charge in [0.15, 0.2) is 5.16 Å². The topological polar surface area (TPSA) is 56.7 Å². The molecule has 0 saturated heterocycles. The van der Waals surface area contributed by atoms with Crippen LogP contribution in [0.5, 0.6) is 0 Å². The molecular formula is C15H13ClN4S. The van der Waals surface area contributed by atoms with Crippen molar-refractivity contribution < 1.29 is 0 Å². The number of hydrogen-bond acceptors (Lipinski definition) is 4. The SMILES string of the molecule is Nc1ccccc1Sc1nc(Cl)nn1Cc1ccccc1. The van der Waals surface area contributed by atoms with Crippen LogP contribution in [-0.4, -0.2) is 14.8 Å².